The van der Waals surface area contributed by atoms with Crippen LogP contribution in [0.5, 0.6) is 0 Å². The van der Waals surface area contributed by atoms with E-state index in [-0.39, 0.29) is 24.2 Å². The lowest BCUT2D eigenvalue weighted by Gasteiger charge is -2.28. The summed E-state index contributed by atoms with van der Waals surface area (Å²) >= 11 is 0. The maximum Gasteiger partial charge on any atom is 0.242 e. The Hall–Kier alpha value is -2.69. The number of halogens is 1. The standard InChI is InChI=1S/C22H27FN2O2/c1-4-17-5-7-18(8-6-17)11-14-21(26)25(16(2)22(27)24-3)15-19-9-12-20(23)13-10-19/h5-10,12-13,16H,4,11,14-15H2,1-3H3,(H,24,27). The monoisotopic (exact) mass is 370 g/mol. The van der Waals surface area contributed by atoms with Crippen LogP contribution in [-0.2, 0) is 29.0 Å². The minimum Gasteiger partial charge on any atom is -0.357 e. The van der Waals surface area contributed by atoms with E-state index in [1.165, 1.54) is 17.7 Å². The number of nitrogens with one attached hydrogen (secondary N) is 1. The molecule has 0 aromatic heterocycles. The fourth-order valence-corrected chi connectivity index (χ4v) is 2.91. The molecule has 1 unspecified atom stereocenters. The fraction of sp³-hybridized carbons (Fsp3) is 0.364. The zero-order valence-electron chi connectivity index (χ0n) is 16.2. The van der Waals surface area contributed by atoms with Gasteiger partial charge in [-0.15, -0.1) is 0 Å². The molecule has 0 fully saturated rings. The molecule has 0 aliphatic carbocycles. The molecule has 2 amide bonds. The van der Waals surface area contributed by atoms with Crippen molar-refractivity contribution >= 4 is 11.8 Å². The van der Waals surface area contributed by atoms with E-state index in [2.05, 4.69) is 24.4 Å². The Morgan fingerprint density at radius 2 is 1.56 bits per heavy atom. The van der Waals surface area contributed by atoms with Gasteiger partial charge in [-0.25, -0.2) is 4.39 Å². The summed E-state index contributed by atoms with van der Waals surface area (Å²) in [5, 5.41) is 2.59. The van der Waals surface area contributed by atoms with Gasteiger partial charge in [0.05, 0.1) is 0 Å². The summed E-state index contributed by atoms with van der Waals surface area (Å²) in [5.74, 6) is -0.653. The summed E-state index contributed by atoms with van der Waals surface area (Å²) in [6.45, 7) is 4.07. The minimum absolute atomic E-state index is 0.102. The second-order valence-electron chi connectivity index (χ2n) is 6.61. The molecule has 0 bridgehead atoms. The van der Waals surface area contributed by atoms with Gasteiger partial charge in [-0.1, -0.05) is 43.3 Å². The van der Waals surface area contributed by atoms with Gasteiger partial charge in [0.25, 0.3) is 0 Å². The average Bonchev–Trinajstić information content (AvgIpc) is 2.70. The Bertz CT molecular complexity index is 757. The highest BCUT2D eigenvalue weighted by atomic mass is 19.1. The summed E-state index contributed by atoms with van der Waals surface area (Å²) in [6, 6.07) is 13.6. The number of rotatable bonds is 8. The Balaban J connectivity index is 2.09. The number of carbonyl (C=O) groups is 2. The van der Waals surface area contributed by atoms with Crippen LogP contribution in [0.15, 0.2) is 48.5 Å². The summed E-state index contributed by atoms with van der Waals surface area (Å²) < 4.78 is 13.1. The number of aryl methyl sites for hydroxylation is 2. The van der Waals surface area contributed by atoms with E-state index in [0.717, 1.165) is 17.5 Å². The van der Waals surface area contributed by atoms with Crippen LogP contribution in [0.25, 0.3) is 0 Å². The van der Waals surface area contributed by atoms with Gasteiger partial charge in [0.1, 0.15) is 11.9 Å². The molecular weight excluding hydrogens is 343 g/mol. The summed E-state index contributed by atoms with van der Waals surface area (Å²) in [6.07, 6.45) is 1.91. The van der Waals surface area contributed by atoms with Crippen molar-refractivity contribution < 1.29 is 14.0 Å². The van der Waals surface area contributed by atoms with Crippen LogP contribution in [0.4, 0.5) is 4.39 Å². The normalized spacial score (nSPS) is 11.7. The van der Waals surface area contributed by atoms with E-state index >= 15 is 0 Å². The van der Waals surface area contributed by atoms with Crippen LogP contribution in [0.3, 0.4) is 0 Å². The van der Waals surface area contributed by atoms with Gasteiger partial charge in [-0.3, -0.25) is 9.59 Å². The van der Waals surface area contributed by atoms with Crippen LogP contribution >= 0.6 is 0 Å². The van der Waals surface area contributed by atoms with Crippen LogP contribution < -0.4 is 5.32 Å². The van der Waals surface area contributed by atoms with Gasteiger partial charge in [-0.05, 0) is 48.6 Å². The topological polar surface area (TPSA) is 49.4 Å². The van der Waals surface area contributed by atoms with E-state index in [1.54, 1.807) is 31.0 Å². The lowest BCUT2D eigenvalue weighted by atomic mass is 10.0. The van der Waals surface area contributed by atoms with E-state index in [0.29, 0.717) is 12.8 Å². The number of likely N-dealkylation sites (N-methyl/N-ethyl adjacent to an activating group) is 1. The van der Waals surface area contributed by atoms with Gasteiger partial charge in [0.2, 0.25) is 11.8 Å². The number of amides is 2. The molecule has 1 atom stereocenters. The predicted molar refractivity (Wildman–Crippen MR) is 105 cm³/mol. The highest BCUT2D eigenvalue weighted by Crippen LogP contribution is 2.14. The van der Waals surface area contributed by atoms with Crippen LogP contribution in [0.2, 0.25) is 0 Å². The zero-order valence-corrected chi connectivity index (χ0v) is 16.2. The van der Waals surface area contributed by atoms with Crippen molar-refractivity contribution in [3.63, 3.8) is 0 Å². The molecule has 0 spiro atoms. The number of carbonyl (C=O) groups excluding carboxylic acids is 2. The van der Waals surface area contributed by atoms with Gasteiger partial charge in [-0.2, -0.15) is 0 Å². The van der Waals surface area contributed by atoms with Gasteiger partial charge >= 0.3 is 0 Å². The number of nitrogens with zero attached hydrogens (tertiary/aromatic N) is 1. The summed E-state index contributed by atoms with van der Waals surface area (Å²) in [4.78, 5) is 26.5. The highest BCUT2D eigenvalue weighted by molar-refractivity contribution is 5.87. The van der Waals surface area contributed by atoms with Crippen LogP contribution in [0, 0.1) is 5.82 Å². The molecule has 144 valence electrons. The van der Waals surface area contributed by atoms with E-state index in [9.17, 15) is 14.0 Å². The molecule has 0 saturated heterocycles. The number of benzene rings is 2. The molecule has 0 aliphatic rings. The minimum atomic E-state index is -0.602. The molecule has 27 heavy (non-hydrogen) atoms. The molecule has 4 nitrogen and oxygen atoms in total. The molecule has 2 aromatic rings. The molecule has 2 aromatic carbocycles. The Labute approximate surface area is 160 Å². The van der Waals surface area contributed by atoms with Crippen molar-refractivity contribution in [1.29, 1.82) is 0 Å². The lowest BCUT2D eigenvalue weighted by Crippen LogP contribution is -2.46. The summed E-state index contributed by atoms with van der Waals surface area (Å²) in [7, 11) is 1.55. The first kappa shape index (κ1) is 20.6. The van der Waals surface area contributed by atoms with E-state index in [4.69, 9.17) is 0 Å². The van der Waals surface area contributed by atoms with Crippen LogP contribution in [0.1, 0.15) is 37.0 Å². The van der Waals surface area contributed by atoms with Crippen molar-refractivity contribution in [1.82, 2.24) is 10.2 Å². The van der Waals surface area contributed by atoms with Crippen molar-refractivity contribution in [3.05, 3.63) is 71.0 Å². The predicted octanol–water partition coefficient (Wildman–Crippen LogP) is 3.48. The van der Waals surface area contributed by atoms with Gasteiger partial charge < -0.3 is 10.2 Å². The second-order valence-corrected chi connectivity index (χ2v) is 6.61. The largest absolute Gasteiger partial charge is 0.357 e. The maximum absolute atomic E-state index is 13.1. The number of hydrogen-bond acceptors (Lipinski definition) is 2. The molecule has 0 aliphatic heterocycles. The van der Waals surface area contributed by atoms with E-state index in [1.807, 2.05) is 12.1 Å². The average molecular weight is 370 g/mol. The second kappa shape index (κ2) is 9.86. The van der Waals surface area contributed by atoms with Crippen molar-refractivity contribution in [2.24, 2.45) is 0 Å². The Kier molecular flexibility index (Phi) is 7.53. The first-order chi connectivity index (χ1) is 12.9. The molecule has 0 radical (unpaired) electrons. The third-order valence-corrected chi connectivity index (χ3v) is 4.74. The van der Waals surface area contributed by atoms with Crippen molar-refractivity contribution in [2.45, 2.75) is 45.7 Å². The number of hydrogen-bond donors (Lipinski definition) is 1. The van der Waals surface area contributed by atoms with Crippen LogP contribution in [-0.4, -0.2) is 29.8 Å². The Morgan fingerprint density at radius 1 is 1.00 bits per heavy atom. The third kappa shape index (κ3) is 5.91. The first-order valence-electron chi connectivity index (χ1n) is 9.28. The van der Waals surface area contributed by atoms with Crippen molar-refractivity contribution in [3.8, 4) is 0 Å². The lowest BCUT2D eigenvalue weighted by molar-refractivity contribution is -0.140. The highest BCUT2D eigenvalue weighted by Gasteiger charge is 2.25. The quantitative estimate of drug-likeness (QED) is 0.773. The van der Waals surface area contributed by atoms with Crippen molar-refractivity contribution in [2.75, 3.05) is 7.05 Å². The first-order valence-corrected chi connectivity index (χ1v) is 9.28. The summed E-state index contributed by atoms with van der Waals surface area (Å²) in [5.41, 5.74) is 3.14. The SMILES string of the molecule is CCc1ccc(CCC(=O)N(Cc2ccc(F)cc2)C(C)C(=O)NC)cc1. The van der Waals surface area contributed by atoms with Gasteiger partial charge in [0.15, 0.2) is 0 Å². The van der Waals surface area contributed by atoms with Gasteiger partial charge in [0, 0.05) is 20.0 Å². The molecule has 0 saturated carbocycles. The molecule has 2 rings (SSSR count). The molecule has 5 heteroatoms. The smallest absolute Gasteiger partial charge is 0.242 e. The maximum atomic E-state index is 13.1. The van der Waals surface area contributed by atoms with E-state index < -0.39 is 6.04 Å². The fourth-order valence-electron chi connectivity index (χ4n) is 2.91. The molecule has 1 N–H and O–H groups in total. The molecule has 0 heterocycles. The molecular formula is C22H27FN2O2. The Morgan fingerprint density at radius 3 is 2.11 bits per heavy atom. The zero-order chi connectivity index (χ0) is 19.8. The third-order valence-electron chi connectivity index (χ3n) is 4.74.